The molecule has 1 heterocycles. The zero-order valence-corrected chi connectivity index (χ0v) is 14.7. The molecule has 1 aliphatic rings. The van der Waals surface area contributed by atoms with Gasteiger partial charge in [0.2, 0.25) is 5.91 Å². The number of carboxylic acids is 1. The number of fused-ring (bicyclic) bond motifs is 1. The van der Waals surface area contributed by atoms with Gasteiger partial charge in [0, 0.05) is 19.5 Å². The molecule has 2 aromatic carbocycles. The molecule has 136 valence electrons. The van der Waals surface area contributed by atoms with Gasteiger partial charge in [0.25, 0.3) is 0 Å². The Morgan fingerprint density at radius 1 is 1.19 bits per heavy atom. The molecule has 0 radical (unpaired) electrons. The summed E-state index contributed by atoms with van der Waals surface area (Å²) in [5.41, 5.74) is 3.15. The van der Waals surface area contributed by atoms with E-state index in [1.54, 1.807) is 23.1 Å². The lowest BCUT2D eigenvalue weighted by molar-refractivity contribution is -0.133. The Labute approximate surface area is 152 Å². The Hall–Kier alpha value is -2.69. The number of aromatic carboxylic acids is 1. The zero-order valence-electron chi connectivity index (χ0n) is 14.7. The van der Waals surface area contributed by atoms with Crippen molar-refractivity contribution >= 4 is 11.9 Å². The molecule has 4 nitrogen and oxygen atoms in total. The lowest BCUT2D eigenvalue weighted by atomic mass is 9.95. The first-order valence-corrected chi connectivity index (χ1v) is 8.79. The van der Waals surface area contributed by atoms with Crippen molar-refractivity contribution in [3.05, 3.63) is 70.5 Å². The molecule has 0 bridgehead atoms. The van der Waals surface area contributed by atoms with Crippen LogP contribution in [0, 0.1) is 11.7 Å². The standard InChI is InChI=1S/C21H22FNO3/c1-14(9-15-3-2-4-19(22)11-15)10-20(24)23-8-7-16-5-6-17(21(25)26)12-18(16)13-23/h2-6,11-12,14H,7-10,13H2,1H3,(H,25,26). The molecule has 2 aromatic rings. The Kier molecular flexibility index (Phi) is 5.35. The highest BCUT2D eigenvalue weighted by Crippen LogP contribution is 2.22. The molecule has 0 fully saturated rings. The summed E-state index contributed by atoms with van der Waals surface area (Å²) in [6.45, 7) is 3.08. The first-order valence-electron chi connectivity index (χ1n) is 8.79. The van der Waals surface area contributed by atoms with Gasteiger partial charge in [-0.05, 0) is 59.7 Å². The van der Waals surface area contributed by atoms with Crippen LogP contribution >= 0.6 is 0 Å². The van der Waals surface area contributed by atoms with Crippen molar-refractivity contribution in [3.63, 3.8) is 0 Å². The van der Waals surface area contributed by atoms with Crippen LogP contribution in [0.25, 0.3) is 0 Å². The van der Waals surface area contributed by atoms with E-state index in [2.05, 4.69) is 0 Å². The van der Waals surface area contributed by atoms with E-state index in [0.717, 1.165) is 23.1 Å². The number of rotatable bonds is 5. The van der Waals surface area contributed by atoms with Gasteiger partial charge in [-0.3, -0.25) is 4.79 Å². The maximum atomic E-state index is 13.3. The van der Waals surface area contributed by atoms with E-state index in [1.807, 2.05) is 19.1 Å². The molecule has 0 aromatic heterocycles. The second kappa shape index (κ2) is 7.68. The van der Waals surface area contributed by atoms with Gasteiger partial charge >= 0.3 is 5.97 Å². The predicted molar refractivity (Wildman–Crippen MR) is 96.4 cm³/mol. The molecule has 26 heavy (non-hydrogen) atoms. The fourth-order valence-corrected chi connectivity index (χ4v) is 3.47. The highest BCUT2D eigenvalue weighted by Gasteiger charge is 2.23. The summed E-state index contributed by atoms with van der Waals surface area (Å²) in [5, 5.41) is 9.13. The first kappa shape index (κ1) is 18.1. The highest BCUT2D eigenvalue weighted by molar-refractivity contribution is 5.88. The average molecular weight is 355 g/mol. The van der Waals surface area contributed by atoms with Crippen LogP contribution in [0.4, 0.5) is 4.39 Å². The molecule has 1 amide bonds. The summed E-state index contributed by atoms with van der Waals surface area (Å²) < 4.78 is 13.3. The number of carbonyl (C=O) groups is 2. The van der Waals surface area contributed by atoms with Crippen LogP contribution in [0.2, 0.25) is 0 Å². The zero-order chi connectivity index (χ0) is 18.7. The van der Waals surface area contributed by atoms with Crippen molar-refractivity contribution in [2.24, 2.45) is 5.92 Å². The van der Waals surface area contributed by atoms with Gasteiger partial charge < -0.3 is 10.0 Å². The lowest BCUT2D eigenvalue weighted by Gasteiger charge is -2.30. The SMILES string of the molecule is CC(CC(=O)N1CCc2ccc(C(=O)O)cc2C1)Cc1cccc(F)c1. The van der Waals surface area contributed by atoms with Gasteiger partial charge in [-0.2, -0.15) is 0 Å². The topological polar surface area (TPSA) is 57.6 Å². The minimum atomic E-state index is -0.958. The first-order chi connectivity index (χ1) is 12.4. The number of carbonyl (C=O) groups excluding carboxylic acids is 1. The van der Waals surface area contributed by atoms with E-state index in [0.29, 0.717) is 25.9 Å². The second-order valence-corrected chi connectivity index (χ2v) is 7.00. The maximum Gasteiger partial charge on any atom is 0.335 e. The van der Waals surface area contributed by atoms with Crippen LogP contribution in [0.1, 0.15) is 40.4 Å². The van der Waals surface area contributed by atoms with Gasteiger partial charge in [0.05, 0.1) is 5.56 Å². The largest absolute Gasteiger partial charge is 0.478 e. The molecule has 1 N–H and O–H groups in total. The van der Waals surface area contributed by atoms with Gasteiger partial charge in [0.15, 0.2) is 0 Å². The van der Waals surface area contributed by atoms with E-state index in [1.165, 1.54) is 12.1 Å². The summed E-state index contributed by atoms with van der Waals surface area (Å²) >= 11 is 0. The van der Waals surface area contributed by atoms with Crippen LogP contribution in [0.5, 0.6) is 0 Å². The number of hydrogen-bond donors (Lipinski definition) is 1. The number of carboxylic acid groups (broad SMARTS) is 1. The monoisotopic (exact) mass is 355 g/mol. The third-order valence-corrected chi connectivity index (χ3v) is 4.81. The minimum absolute atomic E-state index is 0.0558. The Morgan fingerprint density at radius 2 is 2.00 bits per heavy atom. The van der Waals surface area contributed by atoms with E-state index in [9.17, 15) is 14.0 Å². The van der Waals surface area contributed by atoms with Gasteiger partial charge in [-0.1, -0.05) is 25.1 Å². The Morgan fingerprint density at radius 3 is 2.73 bits per heavy atom. The molecule has 0 spiro atoms. The highest BCUT2D eigenvalue weighted by atomic mass is 19.1. The van der Waals surface area contributed by atoms with Crippen molar-refractivity contribution in [1.29, 1.82) is 0 Å². The van der Waals surface area contributed by atoms with Crippen molar-refractivity contribution in [3.8, 4) is 0 Å². The smallest absolute Gasteiger partial charge is 0.335 e. The van der Waals surface area contributed by atoms with E-state index in [4.69, 9.17) is 5.11 Å². The quantitative estimate of drug-likeness (QED) is 0.890. The summed E-state index contributed by atoms with van der Waals surface area (Å²) in [6, 6.07) is 11.6. The fourth-order valence-electron chi connectivity index (χ4n) is 3.47. The van der Waals surface area contributed by atoms with Crippen molar-refractivity contribution in [2.45, 2.75) is 32.7 Å². The fraction of sp³-hybridized carbons (Fsp3) is 0.333. The molecule has 3 rings (SSSR count). The van der Waals surface area contributed by atoms with Crippen LogP contribution in [-0.2, 0) is 24.2 Å². The summed E-state index contributed by atoms with van der Waals surface area (Å²) in [5.74, 6) is -1.06. The molecule has 0 aliphatic carbocycles. The molecule has 1 aliphatic heterocycles. The summed E-state index contributed by atoms with van der Waals surface area (Å²) in [4.78, 5) is 25.6. The Balaban J connectivity index is 1.62. The van der Waals surface area contributed by atoms with E-state index in [-0.39, 0.29) is 23.2 Å². The number of benzene rings is 2. The predicted octanol–water partition coefficient (Wildman–Crippen LogP) is 3.68. The summed E-state index contributed by atoms with van der Waals surface area (Å²) in [6.07, 6.45) is 1.78. The number of nitrogens with zero attached hydrogens (tertiary/aromatic N) is 1. The number of amides is 1. The molecular formula is C21H22FNO3. The van der Waals surface area contributed by atoms with Gasteiger partial charge in [-0.15, -0.1) is 0 Å². The molecule has 5 heteroatoms. The van der Waals surface area contributed by atoms with E-state index < -0.39 is 5.97 Å². The molecular weight excluding hydrogens is 333 g/mol. The number of halogens is 1. The van der Waals surface area contributed by atoms with Crippen LogP contribution in [0.3, 0.4) is 0 Å². The van der Waals surface area contributed by atoms with Crippen molar-refractivity contribution < 1.29 is 19.1 Å². The van der Waals surface area contributed by atoms with E-state index >= 15 is 0 Å². The Bertz CT molecular complexity index is 834. The van der Waals surface area contributed by atoms with Crippen molar-refractivity contribution in [1.82, 2.24) is 4.90 Å². The average Bonchev–Trinajstić information content (AvgIpc) is 2.60. The molecule has 1 unspecified atom stereocenters. The minimum Gasteiger partial charge on any atom is -0.478 e. The lowest BCUT2D eigenvalue weighted by Crippen LogP contribution is -2.36. The van der Waals surface area contributed by atoms with Crippen LogP contribution in [-0.4, -0.2) is 28.4 Å². The maximum absolute atomic E-state index is 13.3. The second-order valence-electron chi connectivity index (χ2n) is 7.00. The van der Waals surface area contributed by atoms with Crippen LogP contribution < -0.4 is 0 Å². The van der Waals surface area contributed by atoms with Crippen LogP contribution in [0.15, 0.2) is 42.5 Å². The molecule has 1 atom stereocenters. The van der Waals surface area contributed by atoms with Gasteiger partial charge in [0.1, 0.15) is 5.82 Å². The van der Waals surface area contributed by atoms with Crippen molar-refractivity contribution in [2.75, 3.05) is 6.54 Å². The summed E-state index contributed by atoms with van der Waals surface area (Å²) in [7, 11) is 0. The van der Waals surface area contributed by atoms with Gasteiger partial charge in [-0.25, -0.2) is 9.18 Å². The molecule has 0 saturated heterocycles. The normalized spacial score (nSPS) is 14.6. The third-order valence-electron chi connectivity index (χ3n) is 4.81. The third kappa shape index (κ3) is 4.28. The number of hydrogen-bond acceptors (Lipinski definition) is 2. The molecule has 0 saturated carbocycles.